The quantitative estimate of drug-likeness (QED) is 0.659. The lowest BCUT2D eigenvalue weighted by atomic mass is 9.82. The van der Waals surface area contributed by atoms with Gasteiger partial charge in [0.15, 0.2) is 0 Å². The van der Waals surface area contributed by atoms with Crippen molar-refractivity contribution < 1.29 is 4.74 Å². The summed E-state index contributed by atoms with van der Waals surface area (Å²) in [6.45, 7) is 14.8. The molecule has 0 aliphatic heterocycles. The lowest BCUT2D eigenvalue weighted by Crippen LogP contribution is -2.14. The van der Waals surface area contributed by atoms with Gasteiger partial charge in [0.05, 0.1) is 0 Å². The maximum atomic E-state index is 4.25. The second-order valence-electron chi connectivity index (χ2n) is 4.01. The monoisotopic (exact) mass is 254 g/mol. The van der Waals surface area contributed by atoms with Crippen LogP contribution in [0.4, 0.5) is 0 Å². The summed E-state index contributed by atoms with van der Waals surface area (Å²) >= 11 is 0. The van der Waals surface area contributed by atoms with Gasteiger partial charge in [0, 0.05) is 14.2 Å². The Bertz CT molecular complexity index is 227. The summed E-state index contributed by atoms with van der Waals surface area (Å²) < 4.78 is 4.25. The maximum Gasteiger partial charge on any atom is 0.0351 e. The highest BCUT2D eigenvalue weighted by Gasteiger charge is 2.16. The predicted octanol–water partition coefficient (Wildman–Crippen LogP) is 5.69. The highest BCUT2D eigenvalue weighted by atomic mass is 16.4. The molecule has 0 saturated carbocycles. The summed E-state index contributed by atoms with van der Waals surface area (Å²) in [5, 5.41) is 0. The van der Waals surface area contributed by atoms with Gasteiger partial charge in [0.1, 0.15) is 0 Å². The van der Waals surface area contributed by atoms with Crippen molar-refractivity contribution in [3.8, 4) is 0 Å². The molecule has 0 spiro atoms. The summed E-state index contributed by atoms with van der Waals surface area (Å²) in [5.74, 6) is 0. The summed E-state index contributed by atoms with van der Waals surface area (Å²) in [6.07, 6.45) is 1.19. The molecule has 0 aliphatic carbocycles. The molecule has 108 valence electrons. The summed E-state index contributed by atoms with van der Waals surface area (Å²) in [7, 11) is 3.25. The first-order valence-electron chi connectivity index (χ1n) is 7.04. The van der Waals surface area contributed by atoms with Crippen LogP contribution in [0.25, 0.3) is 0 Å². The number of benzene rings is 1. The number of ether oxygens (including phenoxy) is 1. The minimum absolute atomic E-state index is 0.335. The standard InChI is InChI=1S/C11H16.C2H6O.2C2H6/c1-4-11(2,3)10-8-6-5-7-9-10;1-3-2;2*1-2/h5-9H,4H2,1-3H3;1-2H3;2*1-2H3. The molecule has 1 aromatic carbocycles. The minimum atomic E-state index is 0.335. The van der Waals surface area contributed by atoms with Crippen LogP contribution in [0.1, 0.15) is 60.5 Å². The van der Waals surface area contributed by atoms with E-state index in [1.165, 1.54) is 12.0 Å². The molecule has 0 aliphatic rings. The van der Waals surface area contributed by atoms with Gasteiger partial charge in [-0.05, 0) is 17.4 Å². The van der Waals surface area contributed by atoms with E-state index in [9.17, 15) is 0 Å². The van der Waals surface area contributed by atoms with E-state index >= 15 is 0 Å². The molecule has 1 heteroatoms. The second kappa shape index (κ2) is 16.2. The third-order valence-electron chi connectivity index (χ3n) is 2.44. The first kappa shape index (κ1) is 22.4. The Morgan fingerprint density at radius 2 is 1.22 bits per heavy atom. The second-order valence-corrected chi connectivity index (χ2v) is 4.01. The van der Waals surface area contributed by atoms with Crippen molar-refractivity contribution in [2.75, 3.05) is 14.2 Å². The minimum Gasteiger partial charge on any atom is -0.388 e. The Labute approximate surface area is 116 Å². The van der Waals surface area contributed by atoms with E-state index in [1.807, 2.05) is 27.7 Å². The van der Waals surface area contributed by atoms with Crippen LogP contribution in [0.5, 0.6) is 0 Å². The van der Waals surface area contributed by atoms with Crippen LogP contribution in [0.2, 0.25) is 0 Å². The highest BCUT2D eigenvalue weighted by molar-refractivity contribution is 5.22. The zero-order chi connectivity index (χ0) is 15.0. The number of methoxy groups -OCH3 is 1. The molecule has 0 fully saturated rings. The fourth-order valence-corrected chi connectivity index (χ4v) is 1.09. The van der Waals surface area contributed by atoms with Crippen molar-refractivity contribution in [2.24, 2.45) is 0 Å². The van der Waals surface area contributed by atoms with Gasteiger partial charge < -0.3 is 4.74 Å². The van der Waals surface area contributed by atoms with Crippen LogP contribution in [0.15, 0.2) is 30.3 Å². The largest absolute Gasteiger partial charge is 0.388 e. The molecule has 0 amide bonds. The van der Waals surface area contributed by atoms with Gasteiger partial charge in [0.2, 0.25) is 0 Å². The van der Waals surface area contributed by atoms with E-state index in [1.54, 1.807) is 14.2 Å². The van der Waals surface area contributed by atoms with E-state index in [2.05, 4.69) is 55.8 Å². The third-order valence-corrected chi connectivity index (χ3v) is 2.44. The summed E-state index contributed by atoms with van der Waals surface area (Å²) in [5.41, 5.74) is 1.77. The van der Waals surface area contributed by atoms with Crippen LogP contribution in [-0.4, -0.2) is 14.2 Å². The SMILES string of the molecule is CC.CC.CCC(C)(C)c1ccccc1.COC. The van der Waals surface area contributed by atoms with Crippen molar-refractivity contribution >= 4 is 0 Å². The molecular formula is C17H34O. The molecule has 0 radical (unpaired) electrons. The zero-order valence-corrected chi connectivity index (χ0v) is 14.0. The third kappa shape index (κ3) is 11.7. The average molecular weight is 254 g/mol. The van der Waals surface area contributed by atoms with E-state index in [0.717, 1.165) is 0 Å². The Morgan fingerprint density at radius 3 is 1.50 bits per heavy atom. The number of hydrogen-bond donors (Lipinski definition) is 0. The normalized spacial score (nSPS) is 8.72. The van der Waals surface area contributed by atoms with Crippen LogP contribution in [0.3, 0.4) is 0 Å². The van der Waals surface area contributed by atoms with Crippen molar-refractivity contribution in [1.29, 1.82) is 0 Å². The van der Waals surface area contributed by atoms with Crippen molar-refractivity contribution in [1.82, 2.24) is 0 Å². The Hall–Kier alpha value is -0.820. The van der Waals surface area contributed by atoms with Crippen molar-refractivity contribution in [3.05, 3.63) is 35.9 Å². The number of hydrogen-bond acceptors (Lipinski definition) is 1. The van der Waals surface area contributed by atoms with Crippen molar-refractivity contribution in [2.45, 2.75) is 60.3 Å². The topological polar surface area (TPSA) is 9.23 Å². The molecule has 1 rings (SSSR count). The lowest BCUT2D eigenvalue weighted by Gasteiger charge is -2.22. The Kier molecular flexibility index (Phi) is 20.1. The molecule has 1 aromatic rings. The molecule has 0 bridgehead atoms. The molecular weight excluding hydrogens is 220 g/mol. The smallest absolute Gasteiger partial charge is 0.0351 e. The zero-order valence-electron chi connectivity index (χ0n) is 14.0. The van der Waals surface area contributed by atoms with Gasteiger partial charge in [0.25, 0.3) is 0 Å². The maximum absolute atomic E-state index is 4.25. The molecule has 0 saturated heterocycles. The number of rotatable bonds is 2. The van der Waals surface area contributed by atoms with Crippen LogP contribution >= 0.6 is 0 Å². The van der Waals surface area contributed by atoms with E-state index in [0.29, 0.717) is 5.41 Å². The fraction of sp³-hybridized carbons (Fsp3) is 0.647. The first-order valence-corrected chi connectivity index (χ1v) is 7.04. The summed E-state index contributed by atoms with van der Waals surface area (Å²) in [4.78, 5) is 0. The van der Waals surface area contributed by atoms with Gasteiger partial charge in [-0.3, -0.25) is 0 Å². The van der Waals surface area contributed by atoms with E-state index in [4.69, 9.17) is 0 Å². The van der Waals surface area contributed by atoms with Gasteiger partial charge in [-0.1, -0.05) is 78.8 Å². The summed E-state index contributed by atoms with van der Waals surface area (Å²) in [6, 6.07) is 10.7. The van der Waals surface area contributed by atoms with Crippen LogP contribution in [-0.2, 0) is 10.2 Å². The Morgan fingerprint density at radius 1 is 0.889 bits per heavy atom. The molecule has 0 heterocycles. The van der Waals surface area contributed by atoms with Gasteiger partial charge in [-0.2, -0.15) is 0 Å². The fourth-order valence-electron chi connectivity index (χ4n) is 1.09. The van der Waals surface area contributed by atoms with E-state index < -0.39 is 0 Å². The first-order chi connectivity index (χ1) is 8.58. The molecule has 0 atom stereocenters. The molecule has 0 unspecified atom stereocenters. The average Bonchev–Trinajstić information content (AvgIpc) is 2.45. The predicted molar refractivity (Wildman–Crippen MR) is 85.4 cm³/mol. The highest BCUT2D eigenvalue weighted by Crippen LogP contribution is 2.25. The molecule has 0 aromatic heterocycles. The van der Waals surface area contributed by atoms with Crippen LogP contribution < -0.4 is 0 Å². The van der Waals surface area contributed by atoms with Crippen molar-refractivity contribution in [3.63, 3.8) is 0 Å². The lowest BCUT2D eigenvalue weighted by molar-refractivity contribution is 0.277. The van der Waals surface area contributed by atoms with Gasteiger partial charge in [-0.25, -0.2) is 0 Å². The van der Waals surface area contributed by atoms with Gasteiger partial charge in [-0.15, -0.1) is 0 Å². The molecule has 1 nitrogen and oxygen atoms in total. The van der Waals surface area contributed by atoms with Gasteiger partial charge >= 0.3 is 0 Å². The molecule has 18 heavy (non-hydrogen) atoms. The Balaban J connectivity index is -0.000000274. The van der Waals surface area contributed by atoms with E-state index in [-0.39, 0.29) is 0 Å². The molecule has 0 N–H and O–H groups in total. The van der Waals surface area contributed by atoms with Crippen LogP contribution in [0, 0.1) is 0 Å².